The van der Waals surface area contributed by atoms with Gasteiger partial charge in [-0.3, -0.25) is 19.2 Å². The van der Waals surface area contributed by atoms with Crippen molar-refractivity contribution < 1.29 is 24.2 Å². The van der Waals surface area contributed by atoms with Crippen molar-refractivity contribution >= 4 is 37.7 Å². The Bertz CT molecular complexity index is 1420. The fourth-order valence-corrected chi connectivity index (χ4v) is 9.19. The summed E-state index contributed by atoms with van der Waals surface area (Å²) in [7, 11) is -2.84. The predicted molar refractivity (Wildman–Crippen MR) is 158 cm³/mol. The minimum absolute atomic E-state index is 0.00659. The highest BCUT2D eigenvalue weighted by Crippen LogP contribution is 2.60. The Balaban J connectivity index is 1.56. The van der Waals surface area contributed by atoms with E-state index in [1.54, 1.807) is 26.8 Å². The van der Waals surface area contributed by atoms with Gasteiger partial charge >= 0.3 is 0 Å². The van der Waals surface area contributed by atoms with Crippen LogP contribution in [0.15, 0.2) is 67.4 Å². The standard InChI is InChI=1S/C30H37N5O5Si/c1-5-15-34-26-12-11-24(35(20-37)23-9-7-6-8-10-23)18-25(26)30(29(34)38)21(2)28(41(3,4)39)27(40-30)13-16-33-19-22(14-17-36)31-32-33/h5-12,18-21,27-28,36,39H,1,13-17H2,2-4H3/t21-,27+,28-,30+/m1/s1. The lowest BCUT2D eigenvalue weighted by Crippen LogP contribution is -2.46. The smallest absolute Gasteiger partial charge is 0.264 e. The number of amides is 2. The molecule has 2 amide bonds. The van der Waals surface area contributed by atoms with E-state index in [0.717, 1.165) is 6.41 Å². The molecule has 11 heteroatoms. The van der Waals surface area contributed by atoms with Gasteiger partial charge in [-0.2, -0.15) is 0 Å². The second kappa shape index (κ2) is 11.3. The first kappa shape index (κ1) is 28.9. The van der Waals surface area contributed by atoms with Crippen molar-refractivity contribution in [3.63, 3.8) is 0 Å². The number of ether oxygens (including phenoxy) is 1. The highest BCUT2D eigenvalue weighted by molar-refractivity contribution is 6.71. The molecule has 0 saturated carbocycles. The van der Waals surface area contributed by atoms with Gasteiger partial charge in [0.25, 0.3) is 5.91 Å². The zero-order valence-electron chi connectivity index (χ0n) is 23.7. The summed E-state index contributed by atoms with van der Waals surface area (Å²) in [5, 5.41) is 17.5. The topological polar surface area (TPSA) is 121 Å². The van der Waals surface area contributed by atoms with E-state index in [0.29, 0.717) is 54.3 Å². The molecule has 1 spiro atoms. The molecule has 10 nitrogen and oxygen atoms in total. The van der Waals surface area contributed by atoms with Crippen LogP contribution < -0.4 is 9.80 Å². The molecule has 0 radical (unpaired) electrons. The number of hydrogen-bond acceptors (Lipinski definition) is 7. The van der Waals surface area contributed by atoms with Gasteiger partial charge in [0.15, 0.2) is 13.9 Å². The van der Waals surface area contributed by atoms with Crippen molar-refractivity contribution in [3.8, 4) is 0 Å². The third-order valence-corrected chi connectivity index (χ3v) is 10.8. The lowest BCUT2D eigenvalue weighted by molar-refractivity contribution is -0.145. The summed E-state index contributed by atoms with van der Waals surface area (Å²) in [4.78, 5) is 41.3. The number of anilines is 3. The van der Waals surface area contributed by atoms with Crippen LogP contribution in [0.5, 0.6) is 0 Å². The fourth-order valence-electron chi connectivity index (χ4n) is 6.59. The summed E-state index contributed by atoms with van der Waals surface area (Å²) in [5.74, 6) is -0.524. The molecule has 0 unspecified atom stereocenters. The Morgan fingerprint density at radius 3 is 2.61 bits per heavy atom. The maximum Gasteiger partial charge on any atom is 0.264 e. The third-order valence-electron chi connectivity index (χ3n) is 8.29. The summed E-state index contributed by atoms with van der Waals surface area (Å²) < 4.78 is 8.58. The first-order valence-electron chi connectivity index (χ1n) is 13.9. The Labute approximate surface area is 241 Å². The van der Waals surface area contributed by atoms with Gasteiger partial charge in [-0.1, -0.05) is 36.4 Å². The average molecular weight is 576 g/mol. The number of aliphatic hydroxyl groups excluding tert-OH is 1. The largest absolute Gasteiger partial charge is 0.432 e. The van der Waals surface area contributed by atoms with Crippen molar-refractivity contribution in [1.82, 2.24) is 15.0 Å². The van der Waals surface area contributed by atoms with Gasteiger partial charge in [0.2, 0.25) is 6.41 Å². The molecule has 2 aliphatic rings. The van der Waals surface area contributed by atoms with Gasteiger partial charge in [0, 0.05) is 60.7 Å². The van der Waals surface area contributed by atoms with Gasteiger partial charge in [-0.25, -0.2) is 0 Å². The fraction of sp³-hybridized carbons (Fsp3) is 0.400. The lowest BCUT2D eigenvalue weighted by atomic mass is 9.82. The van der Waals surface area contributed by atoms with E-state index >= 15 is 0 Å². The molecule has 1 fully saturated rings. The number of nitrogens with zero attached hydrogens (tertiary/aromatic N) is 5. The average Bonchev–Trinajstić information content (AvgIpc) is 3.59. The van der Waals surface area contributed by atoms with Crippen LogP contribution >= 0.6 is 0 Å². The minimum Gasteiger partial charge on any atom is -0.432 e. The molecule has 2 aromatic carbocycles. The normalized spacial score (nSPS) is 23.7. The zero-order chi connectivity index (χ0) is 29.4. The Morgan fingerprint density at radius 1 is 1.20 bits per heavy atom. The van der Waals surface area contributed by atoms with Gasteiger partial charge in [0.05, 0.1) is 17.5 Å². The van der Waals surface area contributed by atoms with Crippen molar-refractivity contribution in [2.45, 2.75) is 56.7 Å². The third kappa shape index (κ3) is 5.03. The van der Waals surface area contributed by atoms with E-state index in [4.69, 9.17) is 4.74 Å². The maximum absolute atomic E-state index is 14.3. The number of carbonyl (C=O) groups excluding carboxylic acids is 2. The molecule has 3 heterocycles. The summed E-state index contributed by atoms with van der Waals surface area (Å²) in [6.45, 7) is 10.4. The van der Waals surface area contributed by atoms with E-state index in [2.05, 4.69) is 16.9 Å². The molecular weight excluding hydrogens is 538 g/mol. The molecule has 4 atom stereocenters. The molecule has 5 rings (SSSR count). The first-order chi connectivity index (χ1) is 19.6. The Hall–Kier alpha value is -3.64. The van der Waals surface area contributed by atoms with Crippen LogP contribution in [0, 0.1) is 5.92 Å². The highest BCUT2D eigenvalue weighted by atomic mass is 28.4. The number of rotatable bonds is 11. The molecular formula is C30H37N5O5Si. The molecule has 41 heavy (non-hydrogen) atoms. The second-order valence-corrected chi connectivity index (χ2v) is 15.3. The quantitative estimate of drug-likeness (QED) is 0.204. The number of benzene rings is 2. The van der Waals surface area contributed by atoms with E-state index in [1.807, 2.05) is 68.5 Å². The number of aliphatic hydroxyl groups is 1. The van der Waals surface area contributed by atoms with Crippen LogP contribution in [-0.2, 0) is 32.9 Å². The highest BCUT2D eigenvalue weighted by Gasteiger charge is 2.66. The zero-order valence-corrected chi connectivity index (χ0v) is 24.7. The number of aromatic nitrogens is 3. The van der Waals surface area contributed by atoms with Crippen LogP contribution in [0.25, 0.3) is 0 Å². The molecule has 0 bridgehead atoms. The number of carbonyl (C=O) groups is 2. The van der Waals surface area contributed by atoms with Gasteiger partial charge in [-0.05, 0) is 49.8 Å². The molecule has 2 N–H and O–H groups in total. The second-order valence-electron chi connectivity index (χ2n) is 11.3. The van der Waals surface area contributed by atoms with E-state index in [1.165, 1.54) is 0 Å². The van der Waals surface area contributed by atoms with Crippen LogP contribution in [0.1, 0.15) is 24.6 Å². The molecule has 3 aromatic rings. The molecule has 0 aliphatic carbocycles. The molecule has 1 saturated heterocycles. The van der Waals surface area contributed by atoms with Crippen molar-refractivity contribution in [1.29, 1.82) is 0 Å². The van der Waals surface area contributed by atoms with Crippen molar-refractivity contribution in [2.24, 2.45) is 5.92 Å². The monoisotopic (exact) mass is 575 g/mol. The first-order valence-corrected chi connectivity index (χ1v) is 16.9. The van der Waals surface area contributed by atoms with E-state index in [-0.39, 0.29) is 24.0 Å². The molecule has 1 aromatic heterocycles. The lowest BCUT2D eigenvalue weighted by Gasteiger charge is -2.32. The van der Waals surface area contributed by atoms with Crippen LogP contribution in [0.2, 0.25) is 18.6 Å². The Morgan fingerprint density at radius 2 is 1.95 bits per heavy atom. The van der Waals surface area contributed by atoms with Gasteiger partial charge < -0.3 is 19.5 Å². The number of hydrogen-bond donors (Lipinski definition) is 2. The predicted octanol–water partition coefficient (Wildman–Crippen LogP) is 3.53. The number of aryl methyl sites for hydroxylation is 1. The molecule has 2 aliphatic heterocycles. The van der Waals surface area contributed by atoms with Crippen LogP contribution in [0.3, 0.4) is 0 Å². The summed E-state index contributed by atoms with van der Waals surface area (Å²) >= 11 is 0. The Kier molecular flexibility index (Phi) is 7.97. The van der Waals surface area contributed by atoms with E-state index in [9.17, 15) is 19.5 Å². The number of fused-ring (bicyclic) bond motifs is 2. The van der Waals surface area contributed by atoms with Crippen LogP contribution in [-0.4, -0.2) is 64.8 Å². The number of para-hydroxylation sites is 1. The van der Waals surface area contributed by atoms with Crippen LogP contribution in [0.4, 0.5) is 17.1 Å². The minimum atomic E-state index is -2.84. The molecule has 216 valence electrons. The summed E-state index contributed by atoms with van der Waals surface area (Å²) in [6, 6.07) is 14.9. The van der Waals surface area contributed by atoms with Gasteiger partial charge in [0.1, 0.15) is 0 Å². The van der Waals surface area contributed by atoms with Crippen molar-refractivity contribution in [3.05, 3.63) is 78.6 Å². The van der Waals surface area contributed by atoms with Gasteiger partial charge in [-0.15, -0.1) is 11.7 Å². The maximum atomic E-state index is 14.3. The summed E-state index contributed by atoms with van der Waals surface area (Å²) in [5.41, 5.74) is 1.85. The van der Waals surface area contributed by atoms with E-state index < -0.39 is 20.0 Å². The summed E-state index contributed by atoms with van der Waals surface area (Å²) in [6.07, 6.45) is 4.77. The van der Waals surface area contributed by atoms with Crippen molar-refractivity contribution in [2.75, 3.05) is 23.0 Å². The SMILES string of the molecule is C=CCN1C(=O)[C@@]2(O[C@@H](CCn3cc(CCO)nn3)[C@H]([Si](C)(C)O)[C@H]2C)c2cc(N(C=O)c3ccccc3)ccc21.